The molecule has 1 aromatic rings. The van der Waals surface area contributed by atoms with Crippen LogP contribution in [0.25, 0.3) is 0 Å². The summed E-state index contributed by atoms with van der Waals surface area (Å²) in [5.41, 5.74) is 0.455. The molecule has 0 saturated carbocycles. The molecule has 0 radical (unpaired) electrons. The quantitative estimate of drug-likeness (QED) is 0.800. The molecule has 2 rings (SSSR count). The highest BCUT2D eigenvalue weighted by molar-refractivity contribution is 5.86. The van der Waals surface area contributed by atoms with E-state index in [-0.39, 0.29) is 11.5 Å². The number of rotatable bonds is 2. The van der Waals surface area contributed by atoms with E-state index in [1.807, 2.05) is 6.07 Å². The van der Waals surface area contributed by atoms with Crippen LogP contribution in [0.1, 0.15) is 5.56 Å². The van der Waals surface area contributed by atoms with Crippen LogP contribution in [0.5, 0.6) is 0 Å². The third-order valence-electron chi connectivity index (χ3n) is 3.21. The van der Waals surface area contributed by atoms with E-state index in [1.54, 1.807) is 24.1 Å². The molecule has 0 aromatic heterocycles. The zero-order chi connectivity index (χ0) is 13.8. The molecule has 1 fully saturated rings. The Morgan fingerprint density at radius 1 is 1.63 bits per heavy atom. The number of halogens is 1. The van der Waals surface area contributed by atoms with Gasteiger partial charge in [0.1, 0.15) is 23.5 Å². The summed E-state index contributed by atoms with van der Waals surface area (Å²) in [5.74, 6) is -0.713. The van der Waals surface area contributed by atoms with E-state index in [0.29, 0.717) is 25.3 Å². The summed E-state index contributed by atoms with van der Waals surface area (Å²) in [7, 11) is 1.56. The summed E-state index contributed by atoms with van der Waals surface area (Å²) in [5, 5.41) is 14.8. The smallest absolute Gasteiger partial charge is 0.243 e. The second-order valence-corrected chi connectivity index (χ2v) is 4.27. The summed E-state index contributed by atoms with van der Waals surface area (Å²) in [6.45, 7) is 1.71. The van der Waals surface area contributed by atoms with Crippen molar-refractivity contribution in [1.29, 1.82) is 5.26 Å². The van der Waals surface area contributed by atoms with Crippen LogP contribution in [0.4, 0.5) is 10.1 Å². The van der Waals surface area contributed by atoms with Crippen molar-refractivity contribution in [3.05, 3.63) is 29.6 Å². The molecule has 0 bridgehead atoms. The Balaban J connectivity index is 2.41. The number of carbonyl (C=O) groups is 1. The molecule has 5 nitrogen and oxygen atoms in total. The van der Waals surface area contributed by atoms with Gasteiger partial charge in [-0.25, -0.2) is 4.39 Å². The molecule has 0 aliphatic carbocycles. The summed E-state index contributed by atoms with van der Waals surface area (Å²) < 4.78 is 13.7. The SMILES string of the molecule is CNC(=O)C1CNCCN1c1cccc(F)c1C#N. The Labute approximate surface area is 111 Å². The minimum atomic E-state index is -0.561. The van der Waals surface area contributed by atoms with Crippen LogP contribution < -0.4 is 15.5 Å². The third-order valence-corrected chi connectivity index (χ3v) is 3.21. The molecule has 1 atom stereocenters. The number of benzene rings is 1. The maximum Gasteiger partial charge on any atom is 0.243 e. The number of carbonyl (C=O) groups excluding carboxylic acids is 1. The molecule has 0 spiro atoms. The molecule has 1 amide bonds. The first-order chi connectivity index (χ1) is 9.19. The average Bonchev–Trinajstić information content (AvgIpc) is 2.46. The molecule has 1 aliphatic heterocycles. The molecule has 100 valence electrons. The molecular formula is C13H15FN4O. The number of amides is 1. The van der Waals surface area contributed by atoms with E-state index >= 15 is 0 Å². The lowest BCUT2D eigenvalue weighted by atomic mass is 10.1. The predicted molar refractivity (Wildman–Crippen MR) is 69.2 cm³/mol. The summed E-state index contributed by atoms with van der Waals surface area (Å²) >= 11 is 0. The second kappa shape index (κ2) is 5.67. The first kappa shape index (κ1) is 13.3. The van der Waals surface area contributed by atoms with E-state index in [9.17, 15) is 9.18 Å². The maximum absolute atomic E-state index is 13.7. The minimum absolute atomic E-state index is 0.0155. The van der Waals surface area contributed by atoms with Crippen molar-refractivity contribution in [2.24, 2.45) is 0 Å². The van der Waals surface area contributed by atoms with E-state index < -0.39 is 11.9 Å². The molecule has 1 unspecified atom stereocenters. The largest absolute Gasteiger partial charge is 0.357 e. The van der Waals surface area contributed by atoms with Gasteiger partial charge in [-0.2, -0.15) is 5.26 Å². The van der Waals surface area contributed by atoms with Gasteiger partial charge in [0, 0.05) is 26.7 Å². The number of nitriles is 1. The Morgan fingerprint density at radius 2 is 2.42 bits per heavy atom. The average molecular weight is 262 g/mol. The van der Waals surface area contributed by atoms with Crippen molar-refractivity contribution < 1.29 is 9.18 Å². The third kappa shape index (κ3) is 2.51. The zero-order valence-corrected chi connectivity index (χ0v) is 10.6. The Morgan fingerprint density at radius 3 is 3.11 bits per heavy atom. The number of anilines is 1. The molecule has 6 heteroatoms. The van der Waals surface area contributed by atoms with Gasteiger partial charge in [-0.1, -0.05) is 6.07 Å². The van der Waals surface area contributed by atoms with E-state index in [4.69, 9.17) is 5.26 Å². The number of nitrogens with zero attached hydrogens (tertiary/aromatic N) is 2. The van der Waals surface area contributed by atoms with Crippen LogP contribution in [-0.2, 0) is 4.79 Å². The van der Waals surface area contributed by atoms with Crippen LogP contribution in [0.2, 0.25) is 0 Å². The molecule has 1 heterocycles. The molecular weight excluding hydrogens is 247 g/mol. The number of hydrogen-bond donors (Lipinski definition) is 2. The number of piperazine rings is 1. The first-order valence-corrected chi connectivity index (χ1v) is 6.06. The molecule has 1 saturated heterocycles. The van der Waals surface area contributed by atoms with Gasteiger partial charge >= 0.3 is 0 Å². The van der Waals surface area contributed by atoms with E-state index in [2.05, 4.69) is 10.6 Å². The van der Waals surface area contributed by atoms with Gasteiger partial charge in [-0.15, -0.1) is 0 Å². The fourth-order valence-corrected chi connectivity index (χ4v) is 2.26. The van der Waals surface area contributed by atoms with Crippen LogP contribution in [0, 0.1) is 17.1 Å². The molecule has 1 aliphatic rings. The number of nitrogens with one attached hydrogen (secondary N) is 2. The zero-order valence-electron chi connectivity index (χ0n) is 10.6. The van der Waals surface area contributed by atoms with Crippen molar-refractivity contribution in [2.45, 2.75) is 6.04 Å². The Kier molecular flexibility index (Phi) is 3.97. The standard InChI is InChI=1S/C13H15FN4O/c1-16-13(19)12-8-17-5-6-18(12)11-4-2-3-10(14)9(11)7-15/h2-4,12,17H,5-6,8H2,1H3,(H,16,19). The van der Waals surface area contributed by atoms with E-state index in [1.165, 1.54) is 6.07 Å². The van der Waals surface area contributed by atoms with Gasteiger partial charge in [0.2, 0.25) is 5.91 Å². The van der Waals surface area contributed by atoms with Gasteiger partial charge in [-0.3, -0.25) is 4.79 Å². The van der Waals surface area contributed by atoms with Gasteiger partial charge in [0.15, 0.2) is 0 Å². The molecule has 2 N–H and O–H groups in total. The van der Waals surface area contributed by atoms with Gasteiger partial charge in [-0.05, 0) is 12.1 Å². The highest BCUT2D eigenvalue weighted by Gasteiger charge is 2.30. The van der Waals surface area contributed by atoms with Crippen molar-refractivity contribution in [2.75, 3.05) is 31.6 Å². The topological polar surface area (TPSA) is 68.2 Å². The van der Waals surface area contributed by atoms with Crippen LogP contribution in [0.3, 0.4) is 0 Å². The fraction of sp³-hybridized carbons (Fsp3) is 0.385. The highest BCUT2D eigenvalue weighted by Crippen LogP contribution is 2.25. The van der Waals surface area contributed by atoms with Crippen LogP contribution in [-0.4, -0.2) is 38.6 Å². The van der Waals surface area contributed by atoms with Crippen molar-refractivity contribution in [3.8, 4) is 6.07 Å². The lowest BCUT2D eigenvalue weighted by Crippen LogP contribution is -2.57. The summed E-state index contributed by atoms with van der Waals surface area (Å²) in [6.07, 6.45) is 0. The van der Waals surface area contributed by atoms with Gasteiger partial charge in [0.05, 0.1) is 5.69 Å². The Bertz CT molecular complexity index is 526. The van der Waals surface area contributed by atoms with Crippen molar-refractivity contribution >= 4 is 11.6 Å². The highest BCUT2D eigenvalue weighted by atomic mass is 19.1. The lowest BCUT2D eigenvalue weighted by Gasteiger charge is -2.37. The monoisotopic (exact) mass is 262 g/mol. The number of hydrogen-bond acceptors (Lipinski definition) is 4. The molecule has 19 heavy (non-hydrogen) atoms. The Hall–Kier alpha value is -2.13. The van der Waals surface area contributed by atoms with Crippen LogP contribution >= 0.6 is 0 Å². The van der Waals surface area contributed by atoms with Crippen molar-refractivity contribution in [3.63, 3.8) is 0 Å². The first-order valence-electron chi connectivity index (χ1n) is 6.06. The summed E-state index contributed by atoms with van der Waals surface area (Å²) in [6, 6.07) is 5.90. The fourth-order valence-electron chi connectivity index (χ4n) is 2.26. The van der Waals surface area contributed by atoms with Crippen LogP contribution in [0.15, 0.2) is 18.2 Å². The molecule has 1 aromatic carbocycles. The maximum atomic E-state index is 13.7. The number of likely N-dealkylation sites (N-methyl/N-ethyl adjacent to an activating group) is 1. The lowest BCUT2D eigenvalue weighted by molar-refractivity contribution is -0.122. The van der Waals surface area contributed by atoms with Crippen molar-refractivity contribution in [1.82, 2.24) is 10.6 Å². The van der Waals surface area contributed by atoms with E-state index in [0.717, 1.165) is 0 Å². The normalized spacial score (nSPS) is 18.8. The van der Waals surface area contributed by atoms with Gasteiger partial charge < -0.3 is 15.5 Å². The second-order valence-electron chi connectivity index (χ2n) is 4.27. The predicted octanol–water partition coefficient (Wildman–Crippen LogP) is 0.222. The van der Waals surface area contributed by atoms with Gasteiger partial charge in [0.25, 0.3) is 0 Å². The summed E-state index contributed by atoms with van der Waals surface area (Å²) in [4.78, 5) is 13.6. The minimum Gasteiger partial charge on any atom is -0.357 e.